The molecule has 1 heterocycles. The second-order valence-corrected chi connectivity index (χ2v) is 3.11. The van der Waals surface area contributed by atoms with Crippen molar-refractivity contribution in [1.82, 2.24) is 0 Å². The normalized spacial score (nSPS) is 18.4. The van der Waals surface area contributed by atoms with E-state index in [4.69, 9.17) is 15.7 Å². The number of nitrogens with zero attached hydrogens (tertiary/aromatic N) is 1. The number of hydrogen-bond acceptors (Lipinski definition) is 3. The van der Waals surface area contributed by atoms with Crippen LogP contribution in [-0.4, -0.2) is 6.61 Å². The molecule has 2 rings (SSSR count). The van der Waals surface area contributed by atoms with E-state index in [-0.39, 0.29) is 18.4 Å². The summed E-state index contributed by atoms with van der Waals surface area (Å²) in [7, 11) is 0. The maximum absolute atomic E-state index is 8.69. The number of ether oxygens (including phenoxy) is 1. The summed E-state index contributed by atoms with van der Waals surface area (Å²) in [6.07, 6.45) is 0.821. The van der Waals surface area contributed by atoms with E-state index in [1.54, 1.807) is 12.1 Å². The summed E-state index contributed by atoms with van der Waals surface area (Å²) in [6, 6.07) is 7.46. The lowest BCUT2D eigenvalue weighted by Gasteiger charge is -2.22. The topological polar surface area (TPSA) is 59.0 Å². The van der Waals surface area contributed by atoms with Gasteiger partial charge < -0.3 is 10.5 Å². The van der Waals surface area contributed by atoms with E-state index in [0.717, 1.165) is 17.7 Å². The van der Waals surface area contributed by atoms with Gasteiger partial charge in [0.05, 0.1) is 18.2 Å². The fraction of sp³-hybridized carbons (Fsp3) is 0.300. The van der Waals surface area contributed by atoms with E-state index in [9.17, 15) is 0 Å². The van der Waals surface area contributed by atoms with Crippen molar-refractivity contribution in [3.63, 3.8) is 0 Å². The first-order valence-electron chi connectivity index (χ1n) is 4.23. The molecule has 1 aromatic rings. The zero-order valence-corrected chi connectivity index (χ0v) is 8.38. The summed E-state index contributed by atoms with van der Waals surface area (Å²) in [5.41, 5.74) is 7.47. The highest BCUT2D eigenvalue weighted by molar-refractivity contribution is 5.85. The van der Waals surface area contributed by atoms with Gasteiger partial charge in [-0.25, -0.2) is 0 Å². The summed E-state index contributed by atoms with van der Waals surface area (Å²) < 4.78 is 5.40. The molecule has 0 unspecified atom stereocenters. The standard InChI is InChI=1S/C10H10N2O.ClH/c11-6-7-1-2-10-8(5-7)9(12)3-4-13-10;/h1-2,5,9H,3-4,12H2;1H/t9-;/m0./s1. The maximum Gasteiger partial charge on any atom is 0.124 e. The van der Waals surface area contributed by atoms with Crippen molar-refractivity contribution in [3.05, 3.63) is 29.3 Å². The van der Waals surface area contributed by atoms with E-state index < -0.39 is 0 Å². The Morgan fingerprint density at radius 2 is 2.29 bits per heavy atom. The van der Waals surface area contributed by atoms with Crippen LogP contribution in [0.5, 0.6) is 5.75 Å². The van der Waals surface area contributed by atoms with Crippen LogP contribution in [-0.2, 0) is 0 Å². The van der Waals surface area contributed by atoms with Gasteiger partial charge in [0.15, 0.2) is 0 Å². The Morgan fingerprint density at radius 1 is 1.50 bits per heavy atom. The molecule has 0 fully saturated rings. The lowest BCUT2D eigenvalue weighted by molar-refractivity contribution is 0.269. The van der Waals surface area contributed by atoms with Crippen molar-refractivity contribution in [2.45, 2.75) is 12.5 Å². The second kappa shape index (κ2) is 4.32. The highest BCUT2D eigenvalue weighted by Gasteiger charge is 2.17. The SMILES string of the molecule is Cl.N#Cc1ccc2c(c1)[C@@H](N)CCO2. The largest absolute Gasteiger partial charge is 0.493 e. The minimum atomic E-state index is 0. The molecule has 2 N–H and O–H groups in total. The minimum absolute atomic E-state index is 0. The van der Waals surface area contributed by atoms with Gasteiger partial charge in [-0.2, -0.15) is 5.26 Å². The number of halogens is 1. The van der Waals surface area contributed by atoms with Gasteiger partial charge in [-0.15, -0.1) is 12.4 Å². The third-order valence-electron chi connectivity index (χ3n) is 2.22. The van der Waals surface area contributed by atoms with Crippen molar-refractivity contribution >= 4 is 12.4 Å². The second-order valence-electron chi connectivity index (χ2n) is 3.11. The summed E-state index contributed by atoms with van der Waals surface area (Å²) in [4.78, 5) is 0. The van der Waals surface area contributed by atoms with Crippen molar-refractivity contribution in [1.29, 1.82) is 5.26 Å². The first kappa shape index (κ1) is 10.8. The Bertz CT molecular complexity index is 373. The first-order valence-corrected chi connectivity index (χ1v) is 4.23. The van der Waals surface area contributed by atoms with Gasteiger partial charge in [-0.05, 0) is 18.2 Å². The molecular weight excluding hydrogens is 200 g/mol. The highest BCUT2D eigenvalue weighted by Crippen LogP contribution is 2.30. The van der Waals surface area contributed by atoms with Gasteiger partial charge in [0, 0.05) is 18.0 Å². The molecule has 1 aliphatic rings. The molecule has 0 saturated carbocycles. The average molecular weight is 211 g/mol. The molecule has 74 valence electrons. The Balaban J connectivity index is 0.000000980. The number of hydrogen-bond donors (Lipinski definition) is 1. The van der Waals surface area contributed by atoms with Crippen LogP contribution in [0.2, 0.25) is 0 Å². The third-order valence-corrected chi connectivity index (χ3v) is 2.22. The molecule has 0 saturated heterocycles. The van der Waals surface area contributed by atoms with E-state index in [1.807, 2.05) is 6.07 Å². The number of fused-ring (bicyclic) bond motifs is 1. The Morgan fingerprint density at radius 3 is 3.00 bits per heavy atom. The van der Waals surface area contributed by atoms with Crippen LogP contribution in [0.1, 0.15) is 23.6 Å². The fourth-order valence-corrected chi connectivity index (χ4v) is 1.49. The van der Waals surface area contributed by atoms with Crippen molar-refractivity contribution in [3.8, 4) is 11.8 Å². The van der Waals surface area contributed by atoms with Gasteiger partial charge in [0.1, 0.15) is 5.75 Å². The summed E-state index contributed by atoms with van der Waals surface area (Å²) in [5, 5.41) is 8.69. The number of rotatable bonds is 0. The van der Waals surface area contributed by atoms with E-state index in [2.05, 4.69) is 6.07 Å². The van der Waals surface area contributed by atoms with E-state index >= 15 is 0 Å². The number of nitrogens with two attached hydrogens (primary N) is 1. The molecule has 0 aromatic heterocycles. The molecule has 0 radical (unpaired) electrons. The monoisotopic (exact) mass is 210 g/mol. The van der Waals surface area contributed by atoms with Crippen LogP contribution in [0.3, 0.4) is 0 Å². The summed E-state index contributed by atoms with van der Waals surface area (Å²) >= 11 is 0. The van der Waals surface area contributed by atoms with Crippen LogP contribution >= 0.6 is 12.4 Å². The molecule has 1 atom stereocenters. The first-order chi connectivity index (χ1) is 6.31. The quantitative estimate of drug-likeness (QED) is 0.710. The van der Waals surface area contributed by atoms with Crippen LogP contribution in [0.4, 0.5) is 0 Å². The lowest BCUT2D eigenvalue weighted by Crippen LogP contribution is -2.20. The highest BCUT2D eigenvalue weighted by atomic mass is 35.5. The van der Waals surface area contributed by atoms with E-state index in [0.29, 0.717) is 12.2 Å². The molecular formula is C10H11ClN2O. The predicted octanol–water partition coefficient (Wildman–Crippen LogP) is 1.76. The number of benzene rings is 1. The maximum atomic E-state index is 8.69. The van der Waals surface area contributed by atoms with Gasteiger partial charge in [0.2, 0.25) is 0 Å². The smallest absolute Gasteiger partial charge is 0.124 e. The third kappa shape index (κ3) is 1.82. The molecule has 0 aliphatic carbocycles. The Labute approximate surface area is 88.9 Å². The Kier molecular flexibility index (Phi) is 3.34. The van der Waals surface area contributed by atoms with Crippen molar-refractivity contribution in [2.24, 2.45) is 5.73 Å². The molecule has 4 heteroatoms. The molecule has 1 aromatic carbocycles. The van der Waals surface area contributed by atoms with Crippen molar-refractivity contribution < 1.29 is 4.74 Å². The van der Waals surface area contributed by atoms with Gasteiger partial charge in [0.25, 0.3) is 0 Å². The van der Waals surface area contributed by atoms with Crippen molar-refractivity contribution in [2.75, 3.05) is 6.61 Å². The Hall–Kier alpha value is -1.24. The minimum Gasteiger partial charge on any atom is -0.493 e. The van der Waals surface area contributed by atoms with Crippen LogP contribution < -0.4 is 10.5 Å². The van der Waals surface area contributed by atoms with Crippen LogP contribution in [0.25, 0.3) is 0 Å². The zero-order chi connectivity index (χ0) is 9.26. The average Bonchev–Trinajstić information content (AvgIpc) is 2.18. The molecule has 3 nitrogen and oxygen atoms in total. The number of nitriles is 1. The summed E-state index contributed by atoms with van der Waals surface area (Å²) in [5.74, 6) is 0.817. The molecule has 14 heavy (non-hydrogen) atoms. The lowest BCUT2D eigenvalue weighted by atomic mass is 9.99. The van der Waals surface area contributed by atoms with Gasteiger partial charge in [-0.1, -0.05) is 0 Å². The molecule has 0 bridgehead atoms. The fourth-order valence-electron chi connectivity index (χ4n) is 1.49. The van der Waals surface area contributed by atoms with Gasteiger partial charge in [-0.3, -0.25) is 0 Å². The zero-order valence-electron chi connectivity index (χ0n) is 7.56. The van der Waals surface area contributed by atoms with E-state index in [1.165, 1.54) is 0 Å². The predicted molar refractivity (Wildman–Crippen MR) is 55.4 cm³/mol. The summed E-state index contributed by atoms with van der Waals surface area (Å²) in [6.45, 7) is 0.667. The van der Waals surface area contributed by atoms with Gasteiger partial charge >= 0.3 is 0 Å². The van der Waals surface area contributed by atoms with Crippen LogP contribution in [0, 0.1) is 11.3 Å². The molecule has 0 spiro atoms. The van der Waals surface area contributed by atoms with Crippen LogP contribution in [0.15, 0.2) is 18.2 Å². The molecule has 1 aliphatic heterocycles. The molecule has 0 amide bonds.